The Morgan fingerprint density at radius 1 is 1.12 bits per heavy atom. The Bertz CT molecular complexity index is 543. The lowest BCUT2D eigenvalue weighted by molar-refractivity contribution is 0.573. The molecule has 0 aliphatic carbocycles. The maximum atomic E-state index is 5.56. The average Bonchev–Trinajstić information content (AvgIpc) is 2.71. The zero-order valence-electron chi connectivity index (χ0n) is 9.28. The Morgan fingerprint density at radius 2 is 1.88 bits per heavy atom. The fraction of sp³-hybridized carbons (Fsp3) is 0.154. The molecule has 1 aromatic heterocycles. The van der Waals surface area contributed by atoms with Crippen molar-refractivity contribution < 1.29 is 4.42 Å². The molecule has 2 nitrogen and oxygen atoms in total. The molecule has 0 saturated carbocycles. The topological polar surface area (TPSA) is 39.2 Å². The highest BCUT2D eigenvalue weighted by atomic mass is 32.1. The van der Waals surface area contributed by atoms with Gasteiger partial charge in [-0.2, -0.15) is 0 Å². The normalized spacial score (nSPS) is 10.4. The second-order valence-corrected chi connectivity index (χ2v) is 4.27. The van der Waals surface area contributed by atoms with E-state index >= 15 is 0 Å². The van der Waals surface area contributed by atoms with Crippen LogP contribution in [-0.4, -0.2) is 4.99 Å². The Labute approximate surface area is 100 Å². The van der Waals surface area contributed by atoms with Gasteiger partial charge in [0, 0.05) is 5.56 Å². The minimum atomic E-state index is 0.287. The van der Waals surface area contributed by atoms with Crippen LogP contribution in [-0.2, 0) is 0 Å². The Kier molecular flexibility index (Phi) is 2.79. The molecule has 3 heteroatoms. The lowest BCUT2D eigenvalue weighted by atomic mass is 10.1. The molecule has 0 bridgehead atoms. The summed E-state index contributed by atoms with van der Waals surface area (Å²) in [4.78, 5) is 0.287. The highest BCUT2D eigenvalue weighted by Gasteiger charge is 2.07. The van der Waals surface area contributed by atoms with Gasteiger partial charge in [0.1, 0.15) is 10.7 Å². The van der Waals surface area contributed by atoms with E-state index in [-0.39, 0.29) is 4.99 Å². The van der Waals surface area contributed by atoms with Gasteiger partial charge in [-0.1, -0.05) is 24.4 Å². The molecular weight excluding hydrogens is 218 g/mol. The van der Waals surface area contributed by atoms with E-state index in [1.54, 1.807) is 6.07 Å². The van der Waals surface area contributed by atoms with E-state index in [0.717, 1.165) is 11.3 Å². The second-order valence-electron chi connectivity index (χ2n) is 3.83. The fourth-order valence-corrected chi connectivity index (χ4v) is 1.63. The van der Waals surface area contributed by atoms with E-state index in [9.17, 15) is 0 Å². The predicted octanol–water partition coefficient (Wildman–Crippen LogP) is 3.20. The van der Waals surface area contributed by atoms with Gasteiger partial charge in [0.2, 0.25) is 0 Å². The summed E-state index contributed by atoms with van der Waals surface area (Å²) >= 11 is 4.86. The molecule has 0 spiro atoms. The highest BCUT2D eigenvalue weighted by molar-refractivity contribution is 7.80. The second kappa shape index (κ2) is 4.10. The molecule has 2 rings (SSSR count). The van der Waals surface area contributed by atoms with Crippen molar-refractivity contribution in [3.63, 3.8) is 0 Å². The summed E-state index contributed by atoms with van der Waals surface area (Å²) in [6.45, 7) is 4.16. The lowest BCUT2D eigenvalue weighted by Crippen LogP contribution is -2.07. The minimum Gasteiger partial charge on any atom is -0.454 e. The van der Waals surface area contributed by atoms with E-state index in [1.165, 1.54) is 11.1 Å². The van der Waals surface area contributed by atoms with Crippen molar-refractivity contribution in [2.45, 2.75) is 13.8 Å². The maximum absolute atomic E-state index is 5.56. The Morgan fingerprint density at radius 3 is 2.44 bits per heavy atom. The molecular formula is C13H13NOS. The first kappa shape index (κ1) is 10.9. The molecule has 1 aromatic carbocycles. The van der Waals surface area contributed by atoms with Crippen LogP contribution in [0.2, 0.25) is 0 Å². The van der Waals surface area contributed by atoms with Gasteiger partial charge in [0.25, 0.3) is 0 Å². The molecule has 1 heterocycles. The maximum Gasteiger partial charge on any atom is 0.161 e. The third-order valence-corrected chi connectivity index (χ3v) is 2.84. The van der Waals surface area contributed by atoms with E-state index in [0.29, 0.717) is 5.76 Å². The van der Waals surface area contributed by atoms with Crippen LogP contribution in [0.4, 0.5) is 0 Å². The van der Waals surface area contributed by atoms with E-state index in [2.05, 4.69) is 26.0 Å². The third-order valence-electron chi connectivity index (χ3n) is 2.64. The SMILES string of the molecule is Cc1ccc(-c2ccc(C(N)=S)o2)cc1C. The van der Waals surface area contributed by atoms with E-state index in [1.807, 2.05) is 12.1 Å². The number of nitrogens with two attached hydrogens (primary N) is 1. The van der Waals surface area contributed by atoms with E-state index < -0.39 is 0 Å². The van der Waals surface area contributed by atoms with Crippen LogP contribution in [0.3, 0.4) is 0 Å². The summed E-state index contributed by atoms with van der Waals surface area (Å²) in [5, 5.41) is 0. The molecule has 2 N–H and O–H groups in total. The van der Waals surface area contributed by atoms with Crippen molar-refractivity contribution in [2.24, 2.45) is 5.73 Å². The van der Waals surface area contributed by atoms with Crippen molar-refractivity contribution in [1.82, 2.24) is 0 Å². The average molecular weight is 231 g/mol. The molecule has 0 aliphatic heterocycles. The Balaban J connectivity index is 2.42. The van der Waals surface area contributed by atoms with Crippen LogP contribution in [0.15, 0.2) is 34.7 Å². The van der Waals surface area contributed by atoms with Crippen LogP contribution in [0.1, 0.15) is 16.9 Å². The standard InChI is InChI=1S/C13H13NOS/c1-8-3-4-10(7-9(8)2)11-5-6-12(15-11)13(14)16/h3-7H,1-2H3,(H2,14,16). The van der Waals surface area contributed by atoms with Crippen molar-refractivity contribution in [1.29, 1.82) is 0 Å². The molecule has 82 valence electrons. The van der Waals surface area contributed by atoms with Crippen LogP contribution in [0.5, 0.6) is 0 Å². The van der Waals surface area contributed by atoms with Gasteiger partial charge in [0.15, 0.2) is 5.76 Å². The molecule has 2 aromatic rings. The van der Waals surface area contributed by atoms with Crippen molar-refractivity contribution in [3.8, 4) is 11.3 Å². The fourth-order valence-electron chi connectivity index (χ4n) is 1.52. The quantitative estimate of drug-likeness (QED) is 0.807. The third kappa shape index (κ3) is 1.99. The summed E-state index contributed by atoms with van der Waals surface area (Å²) < 4.78 is 5.56. The van der Waals surface area contributed by atoms with Crippen LogP contribution >= 0.6 is 12.2 Å². The Hall–Kier alpha value is -1.61. The first-order valence-corrected chi connectivity index (χ1v) is 5.46. The van der Waals surface area contributed by atoms with Gasteiger partial charge >= 0.3 is 0 Å². The minimum absolute atomic E-state index is 0.287. The molecule has 0 aliphatic rings. The number of benzene rings is 1. The lowest BCUT2D eigenvalue weighted by Gasteiger charge is -2.02. The largest absolute Gasteiger partial charge is 0.454 e. The van der Waals surface area contributed by atoms with Crippen molar-refractivity contribution >= 4 is 17.2 Å². The molecule has 0 unspecified atom stereocenters. The first-order chi connectivity index (χ1) is 7.58. The highest BCUT2D eigenvalue weighted by Crippen LogP contribution is 2.24. The number of aryl methyl sites for hydroxylation is 2. The molecule has 0 radical (unpaired) electrons. The first-order valence-electron chi connectivity index (χ1n) is 5.05. The number of hydrogen-bond donors (Lipinski definition) is 1. The number of furan rings is 1. The summed E-state index contributed by atoms with van der Waals surface area (Å²) in [7, 11) is 0. The number of thiocarbonyl (C=S) groups is 1. The zero-order valence-corrected chi connectivity index (χ0v) is 10.1. The summed E-state index contributed by atoms with van der Waals surface area (Å²) in [5.41, 5.74) is 9.05. The van der Waals surface area contributed by atoms with Crippen molar-refractivity contribution in [2.75, 3.05) is 0 Å². The van der Waals surface area contributed by atoms with Crippen LogP contribution < -0.4 is 5.73 Å². The van der Waals surface area contributed by atoms with Gasteiger partial charge in [0.05, 0.1) is 0 Å². The van der Waals surface area contributed by atoms with Gasteiger partial charge in [-0.05, 0) is 43.2 Å². The number of hydrogen-bond acceptors (Lipinski definition) is 2. The molecule has 0 atom stereocenters. The monoisotopic (exact) mass is 231 g/mol. The van der Waals surface area contributed by atoms with Crippen LogP contribution in [0, 0.1) is 13.8 Å². The number of rotatable bonds is 2. The van der Waals surface area contributed by atoms with Gasteiger partial charge in [-0.3, -0.25) is 0 Å². The smallest absolute Gasteiger partial charge is 0.161 e. The summed E-state index contributed by atoms with van der Waals surface area (Å²) in [6, 6.07) is 9.89. The summed E-state index contributed by atoms with van der Waals surface area (Å²) in [5.74, 6) is 1.36. The molecule has 16 heavy (non-hydrogen) atoms. The van der Waals surface area contributed by atoms with Gasteiger partial charge in [-0.15, -0.1) is 0 Å². The van der Waals surface area contributed by atoms with Crippen LogP contribution in [0.25, 0.3) is 11.3 Å². The molecule has 0 amide bonds. The molecule has 0 fully saturated rings. The molecule has 0 saturated heterocycles. The van der Waals surface area contributed by atoms with Crippen molar-refractivity contribution in [3.05, 3.63) is 47.2 Å². The van der Waals surface area contributed by atoms with Gasteiger partial charge in [-0.25, -0.2) is 0 Å². The zero-order chi connectivity index (χ0) is 11.7. The summed E-state index contributed by atoms with van der Waals surface area (Å²) in [6.07, 6.45) is 0. The predicted molar refractivity (Wildman–Crippen MR) is 69.5 cm³/mol. The van der Waals surface area contributed by atoms with E-state index in [4.69, 9.17) is 22.4 Å². The van der Waals surface area contributed by atoms with Gasteiger partial charge < -0.3 is 10.2 Å².